The van der Waals surface area contributed by atoms with E-state index in [0.29, 0.717) is 0 Å². The molecule has 0 saturated heterocycles. The Bertz CT molecular complexity index is 351. The lowest BCUT2D eigenvalue weighted by atomic mass is 10.3. The minimum Gasteiger partial charge on any atom is -0.492 e. The Labute approximate surface area is 91.2 Å². The third kappa shape index (κ3) is 4.12. The van der Waals surface area contributed by atoms with Gasteiger partial charge in [-0.05, 0) is 0 Å². The highest BCUT2D eigenvalue weighted by Gasteiger charge is 2.02. The van der Waals surface area contributed by atoms with Crippen LogP contribution >= 0.6 is 0 Å². The van der Waals surface area contributed by atoms with Crippen LogP contribution in [-0.2, 0) is 4.74 Å². The molecule has 4 nitrogen and oxygen atoms in total. The van der Waals surface area contributed by atoms with E-state index in [4.69, 9.17) is 4.74 Å². The second kappa shape index (κ2) is 5.89. The Morgan fingerprint density at radius 3 is 2.50 bits per heavy atom. The Balaban J connectivity index is 2.34. The van der Waals surface area contributed by atoms with E-state index in [-0.39, 0.29) is 18.9 Å². The lowest BCUT2D eigenvalue weighted by Crippen LogP contribution is -2.27. The maximum absolute atomic E-state index is 12.7. The van der Waals surface area contributed by atoms with Crippen LogP contribution in [0.1, 0.15) is 0 Å². The first kappa shape index (κ1) is 12.2. The standard InChI is InChI=1S/C10H11F2NO3/c1-15-10(14)13-2-3-16-9-5-7(11)4-8(12)6-9/h4-6H,2-3H2,1H3,(H,13,14). The molecule has 0 radical (unpaired) electrons. The first-order chi connectivity index (χ1) is 7.61. The predicted octanol–water partition coefficient (Wildman–Crippen LogP) is 1.70. The summed E-state index contributed by atoms with van der Waals surface area (Å²) in [6.45, 7) is 0.281. The summed E-state index contributed by atoms with van der Waals surface area (Å²) in [5.74, 6) is -1.35. The Morgan fingerprint density at radius 1 is 1.31 bits per heavy atom. The highest BCUT2D eigenvalue weighted by molar-refractivity contribution is 5.66. The van der Waals surface area contributed by atoms with E-state index < -0.39 is 17.7 Å². The number of hydrogen-bond donors (Lipinski definition) is 1. The number of ether oxygens (including phenoxy) is 2. The zero-order chi connectivity index (χ0) is 12.0. The molecule has 1 N–H and O–H groups in total. The van der Waals surface area contributed by atoms with E-state index >= 15 is 0 Å². The van der Waals surface area contributed by atoms with Gasteiger partial charge in [-0.2, -0.15) is 0 Å². The van der Waals surface area contributed by atoms with Gasteiger partial charge in [0.2, 0.25) is 0 Å². The highest BCUT2D eigenvalue weighted by Crippen LogP contribution is 2.14. The molecule has 0 bridgehead atoms. The van der Waals surface area contributed by atoms with Gasteiger partial charge < -0.3 is 14.8 Å². The second-order valence-corrected chi connectivity index (χ2v) is 2.87. The molecule has 1 amide bonds. The van der Waals surface area contributed by atoms with Crippen molar-refractivity contribution < 1.29 is 23.0 Å². The smallest absolute Gasteiger partial charge is 0.406 e. The van der Waals surface area contributed by atoms with Crippen molar-refractivity contribution in [2.75, 3.05) is 20.3 Å². The molecule has 0 heterocycles. The van der Waals surface area contributed by atoms with Gasteiger partial charge in [-0.1, -0.05) is 0 Å². The zero-order valence-electron chi connectivity index (χ0n) is 8.63. The molecule has 0 saturated carbocycles. The molecule has 0 aliphatic heterocycles. The average molecular weight is 231 g/mol. The molecule has 0 spiro atoms. The van der Waals surface area contributed by atoms with Crippen molar-refractivity contribution in [2.45, 2.75) is 0 Å². The summed E-state index contributed by atoms with van der Waals surface area (Å²) in [5, 5.41) is 2.36. The van der Waals surface area contributed by atoms with Crippen molar-refractivity contribution in [2.24, 2.45) is 0 Å². The van der Waals surface area contributed by atoms with Gasteiger partial charge >= 0.3 is 6.09 Å². The number of halogens is 2. The summed E-state index contributed by atoms with van der Waals surface area (Å²) in [5.41, 5.74) is 0. The molecule has 1 aromatic rings. The largest absolute Gasteiger partial charge is 0.492 e. The topological polar surface area (TPSA) is 47.6 Å². The molecule has 0 fully saturated rings. The molecular formula is C10H11F2NO3. The quantitative estimate of drug-likeness (QED) is 0.802. The fourth-order valence-electron chi connectivity index (χ4n) is 1.01. The first-order valence-electron chi connectivity index (χ1n) is 4.52. The average Bonchev–Trinajstić information content (AvgIpc) is 2.22. The van der Waals surface area contributed by atoms with E-state index in [0.717, 1.165) is 18.2 Å². The van der Waals surface area contributed by atoms with Gasteiger partial charge in [-0.3, -0.25) is 0 Å². The van der Waals surface area contributed by atoms with Crippen molar-refractivity contribution in [3.05, 3.63) is 29.8 Å². The van der Waals surface area contributed by atoms with Crippen molar-refractivity contribution in [3.8, 4) is 5.75 Å². The van der Waals surface area contributed by atoms with Crippen LogP contribution in [0.25, 0.3) is 0 Å². The highest BCUT2D eigenvalue weighted by atomic mass is 19.1. The summed E-state index contributed by atoms with van der Waals surface area (Å²) in [6, 6.07) is 2.86. The molecule has 1 rings (SSSR count). The number of rotatable bonds is 4. The number of hydrogen-bond acceptors (Lipinski definition) is 3. The van der Waals surface area contributed by atoms with E-state index in [1.807, 2.05) is 0 Å². The summed E-state index contributed by atoms with van der Waals surface area (Å²) in [6.07, 6.45) is -0.589. The van der Waals surface area contributed by atoms with Crippen LogP contribution in [0.3, 0.4) is 0 Å². The third-order valence-electron chi connectivity index (χ3n) is 1.66. The van der Waals surface area contributed by atoms with E-state index in [9.17, 15) is 13.6 Å². The maximum Gasteiger partial charge on any atom is 0.406 e. The van der Waals surface area contributed by atoms with Gasteiger partial charge in [0.05, 0.1) is 13.7 Å². The molecule has 0 unspecified atom stereocenters. The van der Waals surface area contributed by atoms with Crippen molar-refractivity contribution in [3.63, 3.8) is 0 Å². The number of alkyl carbamates (subject to hydrolysis) is 1. The Morgan fingerprint density at radius 2 is 1.94 bits per heavy atom. The first-order valence-corrected chi connectivity index (χ1v) is 4.52. The second-order valence-electron chi connectivity index (χ2n) is 2.87. The Hall–Kier alpha value is -1.85. The van der Waals surface area contributed by atoms with Gasteiger partial charge in [-0.15, -0.1) is 0 Å². The van der Waals surface area contributed by atoms with Gasteiger partial charge in [0.15, 0.2) is 0 Å². The molecule has 0 aliphatic rings. The fourth-order valence-corrected chi connectivity index (χ4v) is 1.01. The molecule has 1 aromatic carbocycles. The van der Waals surface area contributed by atoms with Crippen molar-refractivity contribution in [1.82, 2.24) is 5.32 Å². The van der Waals surface area contributed by atoms with Gasteiger partial charge in [-0.25, -0.2) is 13.6 Å². The normalized spacial score (nSPS) is 9.69. The number of benzene rings is 1. The number of carbonyl (C=O) groups is 1. The number of amides is 1. The van der Waals surface area contributed by atoms with E-state index in [1.165, 1.54) is 7.11 Å². The van der Waals surface area contributed by atoms with Crippen LogP contribution in [0.15, 0.2) is 18.2 Å². The van der Waals surface area contributed by atoms with Gasteiger partial charge in [0, 0.05) is 18.2 Å². The number of nitrogens with one attached hydrogen (secondary N) is 1. The van der Waals surface area contributed by atoms with E-state index in [1.54, 1.807) is 0 Å². The lowest BCUT2D eigenvalue weighted by molar-refractivity contribution is 0.168. The van der Waals surface area contributed by atoms with Crippen LogP contribution in [0.5, 0.6) is 5.75 Å². The molecule has 16 heavy (non-hydrogen) atoms. The minimum absolute atomic E-state index is 0.0733. The molecule has 0 aromatic heterocycles. The summed E-state index contributed by atoms with van der Waals surface area (Å²) in [7, 11) is 1.23. The van der Waals surface area contributed by atoms with Crippen LogP contribution in [0.4, 0.5) is 13.6 Å². The molecule has 88 valence electrons. The SMILES string of the molecule is COC(=O)NCCOc1cc(F)cc(F)c1. The lowest BCUT2D eigenvalue weighted by Gasteiger charge is -2.07. The van der Waals surface area contributed by atoms with Crippen molar-refractivity contribution in [1.29, 1.82) is 0 Å². The van der Waals surface area contributed by atoms with Gasteiger partial charge in [0.1, 0.15) is 24.0 Å². The molecular weight excluding hydrogens is 220 g/mol. The van der Waals surface area contributed by atoms with Gasteiger partial charge in [0.25, 0.3) is 0 Å². The fraction of sp³-hybridized carbons (Fsp3) is 0.300. The zero-order valence-corrected chi connectivity index (χ0v) is 8.63. The summed E-state index contributed by atoms with van der Waals surface area (Å²) >= 11 is 0. The van der Waals surface area contributed by atoms with E-state index in [2.05, 4.69) is 10.1 Å². The van der Waals surface area contributed by atoms with Crippen LogP contribution in [0.2, 0.25) is 0 Å². The summed E-state index contributed by atoms with van der Waals surface area (Å²) in [4.78, 5) is 10.6. The summed E-state index contributed by atoms with van der Waals surface area (Å²) < 4.78 is 34.7. The van der Waals surface area contributed by atoms with Crippen LogP contribution in [0, 0.1) is 11.6 Å². The predicted molar refractivity (Wildman–Crippen MR) is 52.3 cm³/mol. The minimum atomic E-state index is -0.712. The maximum atomic E-state index is 12.7. The monoisotopic (exact) mass is 231 g/mol. The number of methoxy groups -OCH3 is 1. The molecule has 6 heteroatoms. The van der Waals surface area contributed by atoms with Crippen LogP contribution < -0.4 is 10.1 Å². The molecule has 0 atom stereocenters. The van der Waals surface area contributed by atoms with Crippen molar-refractivity contribution >= 4 is 6.09 Å². The van der Waals surface area contributed by atoms with Crippen LogP contribution in [-0.4, -0.2) is 26.4 Å². The third-order valence-corrected chi connectivity index (χ3v) is 1.66. The number of carbonyl (C=O) groups excluding carboxylic acids is 1. The Kier molecular flexibility index (Phi) is 4.50. The molecule has 0 aliphatic carbocycles.